The third-order valence-corrected chi connectivity index (χ3v) is 3.58. The first-order valence-corrected chi connectivity index (χ1v) is 7.63. The van der Waals surface area contributed by atoms with Gasteiger partial charge in [-0.15, -0.1) is 0 Å². The second-order valence-electron chi connectivity index (χ2n) is 4.23. The predicted molar refractivity (Wildman–Crippen MR) is 80.6 cm³/mol. The molecule has 102 valence electrons. The number of halogens is 3. The number of hydrogen-bond donors (Lipinski definition) is 1. The Hall–Kier alpha value is -0.650. The molecule has 1 heterocycles. The van der Waals surface area contributed by atoms with E-state index in [0.29, 0.717) is 4.67 Å². The predicted octanol–water partition coefficient (Wildman–Crippen LogP) is 5.03. The summed E-state index contributed by atoms with van der Waals surface area (Å²) in [5, 5.41) is 3.37. The van der Waals surface area contributed by atoms with Gasteiger partial charge >= 0.3 is 0 Å². The van der Waals surface area contributed by atoms with E-state index in [1.165, 1.54) is 12.1 Å². The summed E-state index contributed by atoms with van der Waals surface area (Å²) in [5.41, 5.74) is 0.835. The molecule has 0 fully saturated rings. The molecule has 2 rings (SSSR count). The summed E-state index contributed by atoms with van der Waals surface area (Å²) in [6, 6.07) is 8.43. The Labute approximate surface area is 128 Å². The summed E-state index contributed by atoms with van der Waals surface area (Å²) in [7, 11) is 0. The summed E-state index contributed by atoms with van der Waals surface area (Å²) in [6.45, 7) is 2.92. The van der Waals surface area contributed by atoms with E-state index in [2.05, 4.69) is 44.1 Å². The summed E-state index contributed by atoms with van der Waals surface area (Å²) in [5.74, 6) is 0.496. The van der Waals surface area contributed by atoms with E-state index in [1.54, 1.807) is 0 Å². The number of nitrogens with one attached hydrogen (secondary N) is 1. The lowest BCUT2D eigenvalue weighted by Gasteiger charge is -2.17. The fraction of sp³-hybridized carbons (Fsp3) is 0.286. The Morgan fingerprint density at radius 2 is 2.05 bits per heavy atom. The third-order valence-electron chi connectivity index (χ3n) is 2.70. The Morgan fingerprint density at radius 3 is 2.63 bits per heavy atom. The van der Waals surface area contributed by atoms with E-state index in [1.807, 2.05) is 18.2 Å². The van der Waals surface area contributed by atoms with Gasteiger partial charge in [-0.3, -0.25) is 0 Å². The van der Waals surface area contributed by atoms with Crippen molar-refractivity contribution in [3.8, 4) is 0 Å². The van der Waals surface area contributed by atoms with E-state index < -0.39 is 0 Å². The summed E-state index contributed by atoms with van der Waals surface area (Å²) < 4.78 is 20.5. The Morgan fingerprint density at radius 1 is 1.26 bits per heavy atom. The highest BCUT2D eigenvalue weighted by Gasteiger charge is 2.18. The van der Waals surface area contributed by atoms with Crippen LogP contribution in [0, 0.1) is 5.82 Å². The lowest BCUT2D eigenvalue weighted by molar-refractivity contribution is 0.432. The molecule has 0 spiro atoms. The van der Waals surface area contributed by atoms with Gasteiger partial charge in [0.05, 0.1) is 6.04 Å². The van der Waals surface area contributed by atoms with Crippen molar-refractivity contribution in [1.82, 2.24) is 5.32 Å². The molecule has 1 aromatic heterocycles. The van der Waals surface area contributed by atoms with Gasteiger partial charge in [0.1, 0.15) is 11.6 Å². The molecule has 0 radical (unpaired) electrons. The molecule has 0 aliphatic heterocycles. The van der Waals surface area contributed by atoms with Crippen molar-refractivity contribution < 1.29 is 8.81 Å². The smallest absolute Gasteiger partial charge is 0.169 e. The van der Waals surface area contributed by atoms with E-state index in [0.717, 1.165) is 28.8 Å². The lowest BCUT2D eigenvalue weighted by Crippen LogP contribution is -2.22. The van der Waals surface area contributed by atoms with E-state index in [4.69, 9.17) is 4.42 Å². The van der Waals surface area contributed by atoms with Crippen molar-refractivity contribution in [1.29, 1.82) is 0 Å². The molecule has 1 unspecified atom stereocenters. The topological polar surface area (TPSA) is 25.2 Å². The number of furan rings is 1. The summed E-state index contributed by atoms with van der Waals surface area (Å²) >= 11 is 6.61. The van der Waals surface area contributed by atoms with Crippen LogP contribution in [-0.2, 0) is 0 Å². The summed E-state index contributed by atoms with van der Waals surface area (Å²) in [6.07, 6.45) is 0.995. The minimum absolute atomic E-state index is 0.154. The largest absolute Gasteiger partial charge is 0.452 e. The third kappa shape index (κ3) is 3.91. The van der Waals surface area contributed by atoms with Crippen LogP contribution in [0.3, 0.4) is 0 Å². The Balaban J connectivity index is 2.36. The minimum Gasteiger partial charge on any atom is -0.452 e. The monoisotopic (exact) mass is 389 g/mol. The van der Waals surface area contributed by atoms with Gasteiger partial charge in [0.2, 0.25) is 0 Å². The fourth-order valence-electron chi connectivity index (χ4n) is 1.90. The zero-order valence-corrected chi connectivity index (χ0v) is 13.6. The molecular weight excluding hydrogens is 377 g/mol. The molecule has 0 amide bonds. The first kappa shape index (κ1) is 14.8. The van der Waals surface area contributed by atoms with Gasteiger partial charge in [-0.2, -0.15) is 0 Å². The van der Waals surface area contributed by atoms with Gasteiger partial charge in [0.15, 0.2) is 4.67 Å². The van der Waals surface area contributed by atoms with Crippen molar-refractivity contribution in [2.24, 2.45) is 0 Å². The molecule has 19 heavy (non-hydrogen) atoms. The van der Waals surface area contributed by atoms with Crippen LogP contribution in [-0.4, -0.2) is 6.54 Å². The molecule has 0 aliphatic rings. The molecule has 0 bridgehead atoms. The quantitative estimate of drug-likeness (QED) is 0.774. The zero-order valence-electron chi connectivity index (χ0n) is 10.4. The van der Waals surface area contributed by atoms with Crippen molar-refractivity contribution in [2.45, 2.75) is 19.4 Å². The van der Waals surface area contributed by atoms with Crippen molar-refractivity contribution in [2.75, 3.05) is 6.54 Å². The molecule has 1 N–H and O–H groups in total. The van der Waals surface area contributed by atoms with Crippen LogP contribution in [0.4, 0.5) is 4.39 Å². The molecule has 2 nitrogen and oxygen atoms in total. The standard InChI is InChI=1S/C14H14Br2FNO/c1-2-5-18-14(12-3-4-13(16)19-12)9-6-10(15)8-11(17)7-9/h3-4,6-8,14,18H,2,5H2,1H3. The highest BCUT2D eigenvalue weighted by atomic mass is 79.9. The van der Waals surface area contributed by atoms with Crippen LogP contribution in [0.5, 0.6) is 0 Å². The van der Waals surface area contributed by atoms with E-state index >= 15 is 0 Å². The maximum Gasteiger partial charge on any atom is 0.169 e. The lowest BCUT2D eigenvalue weighted by atomic mass is 10.0. The highest BCUT2D eigenvalue weighted by molar-refractivity contribution is 9.10. The minimum atomic E-state index is -0.265. The molecule has 2 aromatic rings. The first-order valence-electron chi connectivity index (χ1n) is 6.04. The molecule has 1 aromatic carbocycles. The molecule has 5 heteroatoms. The average molecular weight is 391 g/mol. The van der Waals surface area contributed by atoms with E-state index in [-0.39, 0.29) is 11.9 Å². The summed E-state index contributed by atoms with van der Waals surface area (Å²) in [4.78, 5) is 0. The molecule has 0 saturated carbocycles. The molecule has 0 aliphatic carbocycles. The van der Waals surface area contributed by atoms with Crippen molar-refractivity contribution in [3.05, 3.63) is 56.6 Å². The highest BCUT2D eigenvalue weighted by Crippen LogP contribution is 2.28. The number of hydrogen-bond acceptors (Lipinski definition) is 2. The van der Waals surface area contributed by atoms with Gasteiger partial charge < -0.3 is 9.73 Å². The van der Waals surface area contributed by atoms with E-state index in [9.17, 15) is 4.39 Å². The Kier molecular flexibility index (Phi) is 5.19. The van der Waals surface area contributed by atoms with Gasteiger partial charge in [-0.25, -0.2) is 4.39 Å². The van der Waals surface area contributed by atoms with Crippen LogP contribution >= 0.6 is 31.9 Å². The first-order chi connectivity index (χ1) is 9.10. The van der Waals surface area contributed by atoms with Crippen molar-refractivity contribution in [3.63, 3.8) is 0 Å². The second kappa shape index (κ2) is 6.68. The van der Waals surface area contributed by atoms with Crippen LogP contribution in [0.25, 0.3) is 0 Å². The van der Waals surface area contributed by atoms with Gasteiger partial charge in [0, 0.05) is 4.47 Å². The Bertz CT molecular complexity index is 536. The second-order valence-corrected chi connectivity index (χ2v) is 5.93. The SMILES string of the molecule is CCCNC(c1cc(F)cc(Br)c1)c1ccc(Br)o1. The fourth-order valence-corrected chi connectivity index (χ4v) is 2.70. The normalized spacial score (nSPS) is 12.6. The van der Waals surface area contributed by atoms with Crippen LogP contribution in [0.15, 0.2) is 43.9 Å². The average Bonchev–Trinajstić information content (AvgIpc) is 2.75. The number of benzene rings is 1. The molecule has 1 atom stereocenters. The van der Waals surface area contributed by atoms with Crippen LogP contribution in [0.1, 0.15) is 30.7 Å². The van der Waals surface area contributed by atoms with Crippen LogP contribution < -0.4 is 5.32 Å². The maximum absolute atomic E-state index is 13.5. The molecular formula is C14H14Br2FNO. The molecule has 0 saturated heterocycles. The van der Waals surface area contributed by atoms with Crippen LogP contribution in [0.2, 0.25) is 0 Å². The van der Waals surface area contributed by atoms with Crippen molar-refractivity contribution >= 4 is 31.9 Å². The van der Waals surface area contributed by atoms with Gasteiger partial charge in [-0.1, -0.05) is 22.9 Å². The van der Waals surface area contributed by atoms with Gasteiger partial charge in [0.25, 0.3) is 0 Å². The maximum atomic E-state index is 13.5. The number of rotatable bonds is 5. The van der Waals surface area contributed by atoms with Gasteiger partial charge in [-0.05, 0) is 64.8 Å². The zero-order chi connectivity index (χ0) is 13.8.